The number of Topliss-reactive ketones (excluding diaryl/α,β-unsaturated/α-hetero) is 2. The molecule has 0 aliphatic heterocycles. The molecule has 0 aromatic rings. The molecular formula is C15H22N2O6. The average molecular weight is 326 g/mol. The van der Waals surface area contributed by atoms with Crippen LogP contribution in [-0.2, 0) is 28.7 Å². The van der Waals surface area contributed by atoms with Crippen LogP contribution in [0.3, 0.4) is 0 Å². The molecule has 1 aliphatic carbocycles. The molecular weight excluding hydrogens is 304 g/mol. The van der Waals surface area contributed by atoms with Gasteiger partial charge in [0.25, 0.3) is 6.04 Å². The van der Waals surface area contributed by atoms with Gasteiger partial charge in [-0.3, -0.25) is 9.59 Å². The molecule has 0 radical (unpaired) electrons. The molecule has 0 spiro atoms. The topological polar surface area (TPSA) is 111 Å². The summed E-state index contributed by atoms with van der Waals surface area (Å²) in [6, 6.07) is -2.89. The van der Waals surface area contributed by atoms with Crippen molar-refractivity contribution in [2.24, 2.45) is 15.6 Å². The minimum atomic E-state index is -1.62. The Morgan fingerprint density at radius 1 is 1.09 bits per heavy atom. The van der Waals surface area contributed by atoms with Gasteiger partial charge in [0.2, 0.25) is 0 Å². The summed E-state index contributed by atoms with van der Waals surface area (Å²) in [5.41, 5.74) is -0.415. The van der Waals surface area contributed by atoms with E-state index in [1.807, 2.05) is 13.8 Å². The lowest BCUT2D eigenvalue weighted by Gasteiger charge is -2.29. The van der Waals surface area contributed by atoms with E-state index >= 15 is 0 Å². The molecule has 0 heterocycles. The Morgan fingerprint density at radius 2 is 1.52 bits per heavy atom. The SMILES string of the molecule is CCOC(=O)C(N=NC1C(=O)CC(C)(C)CC1=O)C(=O)OCC. The summed E-state index contributed by atoms with van der Waals surface area (Å²) in [5.74, 6) is -2.60. The molecule has 0 aromatic heterocycles. The molecule has 0 saturated heterocycles. The Balaban J connectivity index is 2.91. The van der Waals surface area contributed by atoms with Gasteiger partial charge in [-0.05, 0) is 19.3 Å². The zero-order chi connectivity index (χ0) is 17.6. The van der Waals surface area contributed by atoms with Crippen molar-refractivity contribution in [2.75, 3.05) is 13.2 Å². The van der Waals surface area contributed by atoms with Gasteiger partial charge in [-0.2, -0.15) is 10.2 Å². The molecule has 128 valence electrons. The standard InChI is InChI=1S/C15H22N2O6/c1-5-22-13(20)12(14(21)23-6-2)17-16-11-9(18)7-15(3,4)8-10(11)19/h11-12H,5-8H2,1-4H3. The van der Waals surface area contributed by atoms with Crippen LogP contribution in [0.4, 0.5) is 0 Å². The number of carbonyl (C=O) groups excluding carboxylic acids is 4. The van der Waals surface area contributed by atoms with Gasteiger partial charge in [0.05, 0.1) is 13.2 Å². The lowest BCUT2D eigenvalue weighted by molar-refractivity contribution is -0.157. The lowest BCUT2D eigenvalue weighted by Crippen LogP contribution is -2.41. The van der Waals surface area contributed by atoms with Crippen LogP contribution in [0.25, 0.3) is 0 Å². The molecule has 0 atom stereocenters. The monoisotopic (exact) mass is 326 g/mol. The smallest absolute Gasteiger partial charge is 0.344 e. The highest BCUT2D eigenvalue weighted by molar-refractivity contribution is 6.09. The molecule has 0 aromatic carbocycles. The molecule has 0 amide bonds. The first kappa shape index (κ1) is 18.9. The summed E-state index contributed by atoms with van der Waals surface area (Å²) in [4.78, 5) is 47.5. The molecule has 1 fully saturated rings. The Hall–Kier alpha value is -2.12. The number of carbonyl (C=O) groups is 4. The maximum Gasteiger partial charge on any atom is 0.344 e. The third-order valence-corrected chi connectivity index (χ3v) is 3.23. The zero-order valence-electron chi connectivity index (χ0n) is 13.8. The molecule has 23 heavy (non-hydrogen) atoms. The first-order chi connectivity index (χ1) is 10.7. The van der Waals surface area contributed by atoms with Crippen molar-refractivity contribution in [3.05, 3.63) is 0 Å². The van der Waals surface area contributed by atoms with Crippen molar-refractivity contribution in [3.8, 4) is 0 Å². The van der Waals surface area contributed by atoms with Gasteiger partial charge < -0.3 is 9.47 Å². The average Bonchev–Trinajstić information content (AvgIpc) is 2.41. The third kappa shape index (κ3) is 5.22. The number of esters is 2. The number of ether oxygens (including phenoxy) is 2. The molecule has 8 heteroatoms. The quantitative estimate of drug-likeness (QED) is 0.413. The van der Waals surface area contributed by atoms with E-state index in [2.05, 4.69) is 10.2 Å². The first-order valence-corrected chi connectivity index (χ1v) is 7.50. The molecule has 0 unspecified atom stereocenters. The van der Waals surface area contributed by atoms with E-state index in [1.165, 1.54) is 0 Å². The number of rotatable bonds is 6. The summed E-state index contributed by atoms with van der Waals surface area (Å²) < 4.78 is 9.47. The summed E-state index contributed by atoms with van der Waals surface area (Å²) in [6.45, 7) is 6.90. The van der Waals surface area contributed by atoms with Crippen molar-refractivity contribution < 1.29 is 28.7 Å². The highest BCUT2D eigenvalue weighted by Gasteiger charge is 2.40. The van der Waals surface area contributed by atoms with E-state index in [4.69, 9.17) is 9.47 Å². The normalized spacial score (nSPS) is 18.5. The molecule has 1 aliphatic rings. The second-order valence-electron chi connectivity index (χ2n) is 5.99. The van der Waals surface area contributed by atoms with Crippen LogP contribution >= 0.6 is 0 Å². The maximum atomic E-state index is 12.0. The Bertz CT molecular complexity index is 488. The van der Waals surface area contributed by atoms with Crippen molar-refractivity contribution in [3.63, 3.8) is 0 Å². The Labute approximate surface area is 134 Å². The second-order valence-corrected chi connectivity index (χ2v) is 5.99. The number of ketones is 2. The van der Waals surface area contributed by atoms with E-state index in [0.717, 1.165) is 0 Å². The maximum absolute atomic E-state index is 12.0. The van der Waals surface area contributed by atoms with E-state index in [1.54, 1.807) is 13.8 Å². The van der Waals surface area contributed by atoms with Crippen LogP contribution in [0, 0.1) is 5.41 Å². The lowest BCUT2D eigenvalue weighted by atomic mass is 9.74. The summed E-state index contributed by atoms with van der Waals surface area (Å²) in [6.07, 6.45) is 0.373. The Kier molecular flexibility index (Phi) is 6.53. The van der Waals surface area contributed by atoms with Crippen molar-refractivity contribution in [2.45, 2.75) is 52.6 Å². The van der Waals surface area contributed by atoms with E-state index in [-0.39, 0.29) is 37.6 Å². The van der Waals surface area contributed by atoms with Gasteiger partial charge in [-0.25, -0.2) is 9.59 Å². The van der Waals surface area contributed by atoms with Gasteiger partial charge in [0, 0.05) is 12.8 Å². The van der Waals surface area contributed by atoms with Crippen LogP contribution in [0.2, 0.25) is 0 Å². The van der Waals surface area contributed by atoms with Gasteiger partial charge >= 0.3 is 11.9 Å². The number of nitrogens with zero attached hydrogens (tertiary/aromatic N) is 2. The Morgan fingerprint density at radius 3 is 1.91 bits per heavy atom. The van der Waals surface area contributed by atoms with Gasteiger partial charge in [-0.1, -0.05) is 13.8 Å². The molecule has 8 nitrogen and oxygen atoms in total. The van der Waals surface area contributed by atoms with Crippen molar-refractivity contribution >= 4 is 23.5 Å². The summed E-state index contributed by atoms with van der Waals surface area (Å²) in [7, 11) is 0. The van der Waals surface area contributed by atoms with Crippen LogP contribution < -0.4 is 0 Å². The van der Waals surface area contributed by atoms with Gasteiger partial charge in [0.15, 0.2) is 17.6 Å². The fourth-order valence-electron chi connectivity index (χ4n) is 2.27. The number of hydrogen-bond donors (Lipinski definition) is 0. The number of hydrogen-bond acceptors (Lipinski definition) is 8. The summed E-state index contributed by atoms with van der Waals surface area (Å²) in [5, 5.41) is 7.21. The van der Waals surface area contributed by atoms with Crippen LogP contribution in [0.15, 0.2) is 10.2 Å². The second kappa shape index (κ2) is 7.94. The fraction of sp³-hybridized carbons (Fsp3) is 0.733. The van der Waals surface area contributed by atoms with E-state index < -0.39 is 29.4 Å². The van der Waals surface area contributed by atoms with Crippen LogP contribution in [0.1, 0.15) is 40.5 Å². The highest BCUT2D eigenvalue weighted by atomic mass is 16.6. The first-order valence-electron chi connectivity index (χ1n) is 7.50. The molecule has 0 N–H and O–H groups in total. The van der Waals surface area contributed by atoms with Crippen molar-refractivity contribution in [1.29, 1.82) is 0 Å². The van der Waals surface area contributed by atoms with Gasteiger partial charge in [0.1, 0.15) is 0 Å². The van der Waals surface area contributed by atoms with Crippen molar-refractivity contribution in [1.82, 2.24) is 0 Å². The zero-order valence-corrected chi connectivity index (χ0v) is 13.8. The predicted octanol–water partition coefficient (Wildman–Crippen LogP) is 1.26. The minimum absolute atomic E-state index is 0.0553. The largest absolute Gasteiger partial charge is 0.464 e. The molecule has 1 saturated carbocycles. The molecule has 0 bridgehead atoms. The fourth-order valence-corrected chi connectivity index (χ4v) is 2.27. The number of azo groups is 1. The van der Waals surface area contributed by atoms with E-state index in [0.29, 0.717) is 0 Å². The van der Waals surface area contributed by atoms with Crippen LogP contribution in [0.5, 0.6) is 0 Å². The van der Waals surface area contributed by atoms with Gasteiger partial charge in [-0.15, -0.1) is 0 Å². The summed E-state index contributed by atoms with van der Waals surface area (Å²) >= 11 is 0. The van der Waals surface area contributed by atoms with E-state index in [9.17, 15) is 19.2 Å². The predicted molar refractivity (Wildman–Crippen MR) is 78.7 cm³/mol. The minimum Gasteiger partial charge on any atom is -0.464 e. The van der Waals surface area contributed by atoms with Crippen LogP contribution in [-0.4, -0.2) is 48.8 Å². The molecule has 1 rings (SSSR count). The third-order valence-electron chi connectivity index (χ3n) is 3.23. The highest BCUT2D eigenvalue weighted by Crippen LogP contribution is 2.32.